The minimum atomic E-state index is -0.952. The zero-order chi connectivity index (χ0) is 28.4. The van der Waals surface area contributed by atoms with E-state index in [9.17, 15) is 19.5 Å². The van der Waals surface area contributed by atoms with Crippen molar-refractivity contribution in [3.63, 3.8) is 0 Å². The standard InChI is InChI=1S/C32H35ClN2O4/c1-21(36)35(25-17-15-24(33)16-18-25)28-20-32(4,34-27-10-6-5-9-26(27)28)29(37)23-13-11-22(12-14-23)8-7-19-31(2,3)30(38)39/h5-6,9-18,28,34H,7-8,19-20H2,1-4H3,(H,38,39)/t28-,32?/m1/s1. The van der Waals surface area contributed by atoms with E-state index in [1.807, 2.05) is 67.6 Å². The number of hydrogen-bond acceptors (Lipinski definition) is 4. The minimum absolute atomic E-state index is 0.0554. The van der Waals surface area contributed by atoms with Crippen molar-refractivity contribution in [2.45, 2.75) is 65.0 Å². The number of anilines is 2. The molecule has 1 amide bonds. The molecule has 6 nitrogen and oxygen atoms in total. The highest BCUT2D eigenvalue weighted by atomic mass is 35.5. The van der Waals surface area contributed by atoms with Crippen molar-refractivity contribution in [2.75, 3.05) is 10.2 Å². The van der Waals surface area contributed by atoms with E-state index >= 15 is 0 Å². The van der Waals surface area contributed by atoms with Gasteiger partial charge in [-0.1, -0.05) is 54.1 Å². The number of carbonyl (C=O) groups excluding carboxylic acids is 2. The first-order valence-electron chi connectivity index (χ1n) is 13.2. The van der Waals surface area contributed by atoms with Crippen LogP contribution in [0.25, 0.3) is 0 Å². The van der Waals surface area contributed by atoms with E-state index in [4.69, 9.17) is 11.6 Å². The molecule has 0 aromatic heterocycles. The lowest BCUT2D eigenvalue weighted by atomic mass is 9.78. The van der Waals surface area contributed by atoms with Gasteiger partial charge in [0.15, 0.2) is 5.78 Å². The SMILES string of the molecule is CC(=O)N(c1ccc(Cl)cc1)[C@@H]1CC(C)(C(=O)c2ccc(CCCC(C)(C)C(=O)O)cc2)Nc2ccccc21. The molecule has 0 radical (unpaired) electrons. The highest BCUT2D eigenvalue weighted by molar-refractivity contribution is 6.30. The van der Waals surface area contributed by atoms with Crippen LogP contribution in [-0.2, 0) is 16.0 Å². The van der Waals surface area contributed by atoms with Gasteiger partial charge >= 0.3 is 5.97 Å². The molecule has 2 N–H and O–H groups in total. The molecule has 1 heterocycles. The van der Waals surface area contributed by atoms with Crippen LogP contribution in [0.2, 0.25) is 5.02 Å². The van der Waals surface area contributed by atoms with Crippen molar-refractivity contribution in [3.8, 4) is 0 Å². The van der Waals surface area contributed by atoms with Gasteiger partial charge in [-0.15, -0.1) is 0 Å². The molecular weight excluding hydrogens is 512 g/mol. The summed E-state index contributed by atoms with van der Waals surface area (Å²) in [7, 11) is 0. The van der Waals surface area contributed by atoms with Crippen molar-refractivity contribution in [2.24, 2.45) is 5.41 Å². The van der Waals surface area contributed by atoms with Crippen molar-refractivity contribution in [3.05, 3.63) is 94.5 Å². The van der Waals surface area contributed by atoms with Crippen LogP contribution in [0.15, 0.2) is 72.8 Å². The Kier molecular flexibility index (Phi) is 8.17. The summed E-state index contributed by atoms with van der Waals surface area (Å²) in [4.78, 5) is 40.0. The maximum Gasteiger partial charge on any atom is 0.309 e. The summed E-state index contributed by atoms with van der Waals surface area (Å²) in [6.07, 6.45) is 2.45. The fourth-order valence-corrected chi connectivity index (χ4v) is 5.42. The van der Waals surface area contributed by atoms with E-state index < -0.39 is 16.9 Å². The maximum atomic E-state index is 13.9. The lowest BCUT2D eigenvalue weighted by molar-refractivity contribution is -0.147. The van der Waals surface area contributed by atoms with Gasteiger partial charge in [0, 0.05) is 35.3 Å². The quantitative estimate of drug-likeness (QED) is 0.274. The number of halogens is 1. The Hall–Kier alpha value is -3.64. The number of fused-ring (bicyclic) bond motifs is 1. The van der Waals surface area contributed by atoms with E-state index in [2.05, 4.69) is 5.32 Å². The predicted octanol–water partition coefficient (Wildman–Crippen LogP) is 7.32. The molecule has 7 heteroatoms. The number of nitrogens with zero attached hydrogens (tertiary/aromatic N) is 1. The van der Waals surface area contributed by atoms with Gasteiger partial charge in [-0.05, 0) is 81.5 Å². The molecule has 4 rings (SSSR count). The summed E-state index contributed by atoms with van der Waals surface area (Å²) in [5.41, 5.74) is 2.42. The van der Waals surface area contributed by atoms with Gasteiger partial charge in [-0.25, -0.2) is 0 Å². The van der Waals surface area contributed by atoms with Crippen LogP contribution < -0.4 is 10.2 Å². The fourth-order valence-electron chi connectivity index (χ4n) is 5.29. The highest BCUT2D eigenvalue weighted by Crippen LogP contribution is 2.44. The first-order chi connectivity index (χ1) is 18.4. The Morgan fingerprint density at radius 1 is 1.03 bits per heavy atom. The zero-order valence-electron chi connectivity index (χ0n) is 22.8. The molecule has 204 valence electrons. The largest absolute Gasteiger partial charge is 0.481 e. The second-order valence-corrected chi connectivity index (χ2v) is 11.6. The van der Waals surface area contributed by atoms with Crippen LogP contribution in [0.1, 0.15) is 74.5 Å². The van der Waals surface area contributed by atoms with Crippen LogP contribution in [-0.4, -0.2) is 28.3 Å². The molecule has 0 fully saturated rings. The van der Waals surface area contributed by atoms with Crippen LogP contribution in [0.3, 0.4) is 0 Å². The van der Waals surface area contributed by atoms with Gasteiger partial charge in [-0.3, -0.25) is 14.4 Å². The van der Waals surface area contributed by atoms with Crippen molar-refractivity contribution >= 4 is 40.6 Å². The molecule has 3 aromatic rings. The van der Waals surface area contributed by atoms with Gasteiger partial charge in [0.1, 0.15) is 5.54 Å². The number of carboxylic acids is 1. The summed E-state index contributed by atoms with van der Waals surface area (Å²) in [6.45, 7) is 6.90. The molecule has 39 heavy (non-hydrogen) atoms. The normalized spacial score (nSPS) is 18.5. The minimum Gasteiger partial charge on any atom is -0.481 e. The van der Waals surface area contributed by atoms with Crippen LogP contribution in [0.4, 0.5) is 11.4 Å². The molecule has 0 saturated heterocycles. The topological polar surface area (TPSA) is 86.7 Å². The number of hydrogen-bond donors (Lipinski definition) is 2. The van der Waals surface area contributed by atoms with Gasteiger partial charge in [0.25, 0.3) is 0 Å². The van der Waals surface area contributed by atoms with Crippen LogP contribution in [0, 0.1) is 5.41 Å². The molecule has 3 aromatic carbocycles. The molecule has 1 unspecified atom stereocenters. The maximum absolute atomic E-state index is 13.9. The van der Waals surface area contributed by atoms with E-state index in [1.54, 1.807) is 30.9 Å². The van der Waals surface area contributed by atoms with Crippen molar-refractivity contribution < 1.29 is 19.5 Å². The third kappa shape index (κ3) is 6.17. The Balaban J connectivity index is 1.58. The number of carbonyl (C=O) groups is 3. The molecular formula is C32H35ClN2O4. The summed E-state index contributed by atoms with van der Waals surface area (Å²) < 4.78 is 0. The lowest BCUT2D eigenvalue weighted by Gasteiger charge is -2.44. The number of rotatable bonds is 9. The van der Waals surface area contributed by atoms with Crippen LogP contribution >= 0.6 is 11.6 Å². The first-order valence-corrected chi connectivity index (χ1v) is 13.6. The van der Waals surface area contributed by atoms with Gasteiger partial charge in [0.05, 0.1) is 11.5 Å². The monoisotopic (exact) mass is 546 g/mol. The van der Waals surface area contributed by atoms with E-state index in [0.717, 1.165) is 35.3 Å². The number of ketones is 1. The van der Waals surface area contributed by atoms with E-state index in [-0.39, 0.29) is 17.7 Å². The smallest absolute Gasteiger partial charge is 0.309 e. The van der Waals surface area contributed by atoms with Crippen molar-refractivity contribution in [1.82, 2.24) is 0 Å². The molecule has 0 aliphatic carbocycles. The second kappa shape index (κ2) is 11.2. The summed E-state index contributed by atoms with van der Waals surface area (Å²) in [6, 6.07) is 22.1. The number of nitrogens with one attached hydrogen (secondary N) is 1. The Morgan fingerprint density at radius 3 is 2.28 bits per heavy atom. The molecule has 1 aliphatic rings. The molecule has 0 bridgehead atoms. The average molecular weight is 547 g/mol. The summed E-state index contributed by atoms with van der Waals surface area (Å²) in [5.74, 6) is -0.972. The Morgan fingerprint density at radius 2 is 1.67 bits per heavy atom. The van der Waals surface area contributed by atoms with Gasteiger partial charge in [0.2, 0.25) is 5.91 Å². The average Bonchev–Trinajstić information content (AvgIpc) is 2.89. The Bertz CT molecular complexity index is 1370. The number of Topliss-reactive ketones (excluding diaryl/α,β-unsaturated/α-hetero) is 1. The number of carboxylic acid groups (broad SMARTS) is 1. The van der Waals surface area contributed by atoms with E-state index in [1.165, 1.54) is 6.92 Å². The zero-order valence-corrected chi connectivity index (χ0v) is 23.6. The van der Waals surface area contributed by atoms with Crippen molar-refractivity contribution in [1.29, 1.82) is 0 Å². The third-order valence-electron chi connectivity index (χ3n) is 7.65. The first kappa shape index (κ1) is 28.4. The number of aryl methyl sites for hydroxylation is 1. The second-order valence-electron chi connectivity index (χ2n) is 11.2. The molecule has 1 aliphatic heterocycles. The molecule has 0 saturated carbocycles. The van der Waals surface area contributed by atoms with Gasteiger partial charge in [-0.2, -0.15) is 0 Å². The van der Waals surface area contributed by atoms with Gasteiger partial charge < -0.3 is 15.3 Å². The predicted molar refractivity (Wildman–Crippen MR) is 156 cm³/mol. The molecule has 0 spiro atoms. The summed E-state index contributed by atoms with van der Waals surface area (Å²) >= 11 is 6.11. The number of amides is 1. The number of aliphatic carboxylic acids is 1. The number of para-hydroxylation sites is 1. The van der Waals surface area contributed by atoms with Crippen LogP contribution in [0.5, 0.6) is 0 Å². The third-order valence-corrected chi connectivity index (χ3v) is 7.90. The lowest BCUT2D eigenvalue weighted by Crippen LogP contribution is -2.51. The highest BCUT2D eigenvalue weighted by Gasteiger charge is 2.44. The summed E-state index contributed by atoms with van der Waals surface area (Å²) in [5, 5.41) is 13.4. The Labute approximate surface area is 235 Å². The number of benzene rings is 3. The van der Waals surface area contributed by atoms with E-state index in [0.29, 0.717) is 23.4 Å². The molecule has 2 atom stereocenters. The fraction of sp³-hybridized carbons (Fsp3) is 0.344.